The highest BCUT2D eigenvalue weighted by Crippen LogP contribution is 2.43. The number of benzene rings is 9. The summed E-state index contributed by atoms with van der Waals surface area (Å²) in [6, 6.07) is 73.8. The van der Waals surface area contributed by atoms with Crippen molar-refractivity contribution in [3.8, 4) is 45.1 Å². The number of hydrogen-bond acceptors (Lipinski definition) is 2. The van der Waals surface area contributed by atoms with Crippen molar-refractivity contribution >= 4 is 65.3 Å². The summed E-state index contributed by atoms with van der Waals surface area (Å²) in [7, 11) is 0. The zero-order valence-electron chi connectivity index (χ0n) is 31.4. The largest absolute Gasteiger partial charge is 0.309 e. The smallest absolute Gasteiger partial charge is 0.235 e. The van der Waals surface area contributed by atoms with Crippen molar-refractivity contribution in [2.24, 2.45) is 0 Å². The summed E-state index contributed by atoms with van der Waals surface area (Å²) in [5.74, 6) is 0.646. The van der Waals surface area contributed by atoms with Crippen molar-refractivity contribution in [2.75, 3.05) is 0 Å². The van der Waals surface area contributed by atoms with E-state index in [1.807, 2.05) is 0 Å². The van der Waals surface area contributed by atoms with E-state index in [2.05, 4.69) is 215 Å². The van der Waals surface area contributed by atoms with Gasteiger partial charge in [0.15, 0.2) is 0 Å². The van der Waals surface area contributed by atoms with Crippen molar-refractivity contribution < 1.29 is 0 Å². The van der Waals surface area contributed by atoms with E-state index in [-0.39, 0.29) is 0 Å². The Hall–Kier alpha value is -7.82. The van der Waals surface area contributed by atoms with Crippen LogP contribution in [-0.2, 0) is 0 Å². The Balaban J connectivity index is 1.13. The molecule has 58 heavy (non-hydrogen) atoms. The predicted molar refractivity (Wildman–Crippen MR) is 242 cm³/mol. The van der Waals surface area contributed by atoms with Gasteiger partial charge in [-0.15, -0.1) is 0 Å². The molecule has 0 unspecified atom stereocenters. The quantitative estimate of drug-likeness (QED) is 0.176. The number of para-hydroxylation sites is 4. The molecule has 0 fully saturated rings. The maximum absolute atomic E-state index is 5.46. The maximum Gasteiger partial charge on any atom is 0.235 e. The second-order valence-electron chi connectivity index (χ2n) is 15.0. The van der Waals surface area contributed by atoms with Gasteiger partial charge in [0.25, 0.3) is 0 Å². The molecule has 0 aliphatic carbocycles. The summed E-state index contributed by atoms with van der Waals surface area (Å²) in [5, 5.41) is 8.27. The lowest BCUT2D eigenvalue weighted by atomic mass is 9.94. The summed E-state index contributed by atoms with van der Waals surface area (Å²) in [5.41, 5.74) is 13.2. The number of aromatic nitrogens is 4. The van der Waals surface area contributed by atoms with Gasteiger partial charge in [0, 0.05) is 38.2 Å². The molecule has 0 aliphatic heterocycles. The summed E-state index contributed by atoms with van der Waals surface area (Å²) >= 11 is 0. The van der Waals surface area contributed by atoms with Crippen LogP contribution < -0.4 is 0 Å². The molecule has 0 saturated heterocycles. The van der Waals surface area contributed by atoms with Crippen LogP contribution in [0.5, 0.6) is 0 Å². The Bertz CT molecular complexity index is 3540. The highest BCUT2D eigenvalue weighted by Gasteiger charge is 2.21. The predicted octanol–water partition coefficient (Wildman–Crippen LogP) is 14.0. The lowest BCUT2D eigenvalue weighted by Gasteiger charge is -2.14. The Kier molecular flexibility index (Phi) is 7.20. The fourth-order valence-corrected chi connectivity index (χ4v) is 9.11. The first-order chi connectivity index (χ1) is 28.8. The van der Waals surface area contributed by atoms with Crippen molar-refractivity contribution in [1.29, 1.82) is 0 Å². The fraction of sp³-hybridized carbons (Fsp3) is 0. The lowest BCUT2D eigenvalue weighted by molar-refractivity contribution is 1.01. The molecule has 0 spiro atoms. The Morgan fingerprint density at radius 2 is 0.862 bits per heavy atom. The third-order valence-corrected chi connectivity index (χ3v) is 11.7. The van der Waals surface area contributed by atoms with Gasteiger partial charge in [-0.05, 0) is 75.5 Å². The Morgan fingerprint density at radius 3 is 1.64 bits per heavy atom. The van der Waals surface area contributed by atoms with Crippen molar-refractivity contribution in [3.63, 3.8) is 0 Å². The van der Waals surface area contributed by atoms with Crippen molar-refractivity contribution in [3.05, 3.63) is 206 Å². The average Bonchev–Trinajstić information content (AvgIpc) is 3.81. The highest BCUT2D eigenvalue weighted by molar-refractivity contribution is 6.24. The normalized spacial score (nSPS) is 11.8. The first kappa shape index (κ1) is 32.4. The van der Waals surface area contributed by atoms with E-state index in [4.69, 9.17) is 9.97 Å². The molecule has 12 rings (SSSR count). The molecule has 9 aromatic carbocycles. The van der Waals surface area contributed by atoms with Gasteiger partial charge in [-0.25, -0.2) is 9.97 Å². The summed E-state index contributed by atoms with van der Waals surface area (Å²) in [6.07, 6.45) is 0. The fourth-order valence-electron chi connectivity index (χ4n) is 9.11. The second kappa shape index (κ2) is 12.9. The van der Waals surface area contributed by atoms with Crippen molar-refractivity contribution in [2.45, 2.75) is 0 Å². The third-order valence-electron chi connectivity index (χ3n) is 11.7. The van der Waals surface area contributed by atoms with Gasteiger partial charge in [0.2, 0.25) is 5.95 Å². The number of hydrogen-bond donors (Lipinski definition) is 0. The number of rotatable bonds is 5. The molecule has 0 saturated carbocycles. The molecule has 0 bridgehead atoms. The molecule has 0 N–H and O–H groups in total. The van der Waals surface area contributed by atoms with Gasteiger partial charge in [-0.1, -0.05) is 164 Å². The zero-order chi connectivity index (χ0) is 38.2. The van der Waals surface area contributed by atoms with Gasteiger partial charge in [-0.3, -0.25) is 4.57 Å². The monoisotopic (exact) mass is 738 g/mol. The number of nitrogens with zero attached hydrogens (tertiary/aromatic N) is 4. The van der Waals surface area contributed by atoms with Gasteiger partial charge < -0.3 is 4.57 Å². The van der Waals surface area contributed by atoms with Crippen LogP contribution >= 0.6 is 0 Å². The molecule has 0 aliphatic rings. The highest BCUT2D eigenvalue weighted by atomic mass is 15.2. The third kappa shape index (κ3) is 4.95. The minimum absolute atomic E-state index is 0.646. The van der Waals surface area contributed by atoms with Gasteiger partial charge >= 0.3 is 0 Å². The number of fused-ring (bicyclic) bond motifs is 9. The van der Waals surface area contributed by atoms with E-state index < -0.39 is 0 Å². The van der Waals surface area contributed by atoms with Gasteiger partial charge in [0.1, 0.15) is 0 Å². The average molecular weight is 739 g/mol. The topological polar surface area (TPSA) is 35.6 Å². The second-order valence-corrected chi connectivity index (χ2v) is 15.0. The SMILES string of the molecule is c1ccc(-c2ccc(-c3nc(-n4c5ccccc5c5c6ccccc6c(-c6ccc7c8ccccc8n(-c8ccccc8)c7c6)cc54)nc4ccccc34)cc2)cc1. The van der Waals surface area contributed by atoms with E-state index >= 15 is 0 Å². The van der Waals surface area contributed by atoms with Crippen LogP contribution in [0, 0.1) is 0 Å². The molecule has 12 aromatic rings. The molecule has 0 atom stereocenters. The van der Waals surface area contributed by atoms with E-state index in [9.17, 15) is 0 Å². The molecule has 3 aromatic heterocycles. The first-order valence-corrected chi connectivity index (χ1v) is 19.8. The maximum atomic E-state index is 5.46. The van der Waals surface area contributed by atoms with Crippen LogP contribution in [0.2, 0.25) is 0 Å². The van der Waals surface area contributed by atoms with Crippen LogP contribution in [0.25, 0.3) is 110 Å². The van der Waals surface area contributed by atoms with Crippen LogP contribution in [0.1, 0.15) is 0 Å². The Labute approximate surface area is 334 Å². The van der Waals surface area contributed by atoms with Crippen LogP contribution in [0.15, 0.2) is 206 Å². The molecule has 270 valence electrons. The first-order valence-electron chi connectivity index (χ1n) is 19.8. The molecule has 0 radical (unpaired) electrons. The summed E-state index contributed by atoms with van der Waals surface area (Å²) in [4.78, 5) is 10.8. The molecule has 3 heterocycles. The summed E-state index contributed by atoms with van der Waals surface area (Å²) < 4.78 is 4.66. The molecule has 0 amide bonds. The van der Waals surface area contributed by atoms with E-state index in [1.165, 1.54) is 54.5 Å². The van der Waals surface area contributed by atoms with Gasteiger partial charge in [-0.2, -0.15) is 0 Å². The lowest BCUT2D eigenvalue weighted by Crippen LogP contribution is -2.03. The molecular weight excluding hydrogens is 705 g/mol. The van der Waals surface area contributed by atoms with Crippen LogP contribution in [0.4, 0.5) is 0 Å². The van der Waals surface area contributed by atoms with Crippen molar-refractivity contribution in [1.82, 2.24) is 19.1 Å². The van der Waals surface area contributed by atoms with E-state index in [0.29, 0.717) is 5.95 Å². The van der Waals surface area contributed by atoms with E-state index in [1.54, 1.807) is 0 Å². The Morgan fingerprint density at radius 1 is 0.310 bits per heavy atom. The summed E-state index contributed by atoms with van der Waals surface area (Å²) in [6.45, 7) is 0. The molecular formula is C54H34N4. The zero-order valence-corrected chi connectivity index (χ0v) is 31.4. The minimum Gasteiger partial charge on any atom is -0.309 e. The van der Waals surface area contributed by atoms with Crippen LogP contribution in [-0.4, -0.2) is 19.1 Å². The standard InChI is InChI=1S/C54H34N4/c1-3-15-35(16-4-1)36-27-29-37(30-28-36)53-44-22-9-12-24-47(44)55-54(56-53)58-49-26-14-11-23-45(49)52-43-21-8-7-19-40(43)46(34-51(52)58)38-31-32-42-41-20-10-13-25-48(41)57(50(42)33-38)39-17-5-2-6-18-39/h1-34H. The molecule has 4 nitrogen and oxygen atoms in total. The minimum atomic E-state index is 0.646. The van der Waals surface area contributed by atoms with E-state index in [0.717, 1.165) is 50.0 Å². The molecule has 4 heteroatoms. The van der Waals surface area contributed by atoms with Gasteiger partial charge in [0.05, 0.1) is 33.3 Å². The van der Waals surface area contributed by atoms with Crippen LogP contribution in [0.3, 0.4) is 0 Å².